The Hall–Kier alpha value is -3.27. The van der Waals surface area contributed by atoms with Gasteiger partial charge in [-0.1, -0.05) is 36.8 Å². The minimum absolute atomic E-state index is 0.0132. The molecule has 1 saturated carbocycles. The molecular formula is C28H40N4O6. The van der Waals surface area contributed by atoms with Crippen LogP contribution in [0, 0.1) is 5.92 Å². The summed E-state index contributed by atoms with van der Waals surface area (Å²) >= 11 is 0. The maximum atomic E-state index is 13.3. The van der Waals surface area contributed by atoms with Gasteiger partial charge in [-0.3, -0.25) is 19.2 Å². The van der Waals surface area contributed by atoms with Crippen molar-refractivity contribution in [2.24, 2.45) is 11.7 Å². The van der Waals surface area contributed by atoms with Gasteiger partial charge in [-0.15, -0.1) is 0 Å². The summed E-state index contributed by atoms with van der Waals surface area (Å²) in [5.41, 5.74) is 6.43. The maximum absolute atomic E-state index is 13.3. The van der Waals surface area contributed by atoms with Crippen molar-refractivity contribution in [3.8, 4) is 0 Å². The molecule has 1 heterocycles. The zero-order valence-electron chi connectivity index (χ0n) is 22.8. The SMILES string of the molecule is [3H]C1CC(C(=O)O)N(C(=O)CCC(=O)C(Cc2ccccc2)NC(=O)C(CCCCN)NC(=O)C2CCC2)C1. The van der Waals surface area contributed by atoms with Gasteiger partial charge in [0.05, 0.1) is 6.04 Å². The standard InChI is InChI=1S/C28H40N4O6/c29-16-5-4-12-21(30-26(35)20-10-6-11-20)27(36)31-22(18-19-8-2-1-3-9-19)24(33)14-15-25(34)32-17-7-13-23(32)28(37)38/h1-3,8-9,20-23H,4-7,10-18,29H2,(H,30,35)(H,31,36)(H,37,38)/i7T. The molecule has 2 aliphatic rings. The number of benzene rings is 1. The predicted molar refractivity (Wildman–Crippen MR) is 141 cm³/mol. The van der Waals surface area contributed by atoms with Crippen LogP contribution in [-0.2, 0) is 30.4 Å². The number of likely N-dealkylation sites (tertiary alicyclic amines) is 1. The van der Waals surface area contributed by atoms with E-state index in [2.05, 4.69) is 10.6 Å². The van der Waals surface area contributed by atoms with Crippen LogP contribution in [0.1, 0.15) is 71.1 Å². The molecule has 1 aromatic carbocycles. The number of nitrogens with zero attached hydrogens (tertiary/aromatic N) is 1. The Labute approximate surface area is 225 Å². The third kappa shape index (κ3) is 8.37. The highest BCUT2D eigenvalue weighted by Crippen LogP contribution is 2.26. The minimum Gasteiger partial charge on any atom is -0.480 e. The van der Waals surface area contributed by atoms with Crippen molar-refractivity contribution in [2.75, 3.05) is 13.1 Å². The summed E-state index contributed by atoms with van der Waals surface area (Å²) in [6.45, 7) is 0.480. The number of aliphatic carboxylic acids is 1. The second kappa shape index (κ2) is 14.6. The first-order chi connectivity index (χ1) is 18.7. The fourth-order valence-corrected chi connectivity index (χ4v) is 4.77. The summed E-state index contributed by atoms with van der Waals surface area (Å²) in [5, 5.41) is 15.1. The van der Waals surface area contributed by atoms with Crippen LogP contribution in [0.2, 0.25) is 0 Å². The van der Waals surface area contributed by atoms with Crippen LogP contribution in [-0.4, -0.2) is 70.7 Å². The Kier molecular flexibility index (Phi) is 10.7. The summed E-state index contributed by atoms with van der Waals surface area (Å²) < 4.78 is 7.85. The van der Waals surface area contributed by atoms with Gasteiger partial charge in [-0.2, -0.15) is 0 Å². The smallest absolute Gasteiger partial charge is 0.326 e. The maximum Gasteiger partial charge on any atom is 0.326 e. The first kappa shape index (κ1) is 27.8. The zero-order chi connectivity index (χ0) is 28.4. The van der Waals surface area contributed by atoms with Gasteiger partial charge in [-0.25, -0.2) is 4.79 Å². The number of nitrogens with one attached hydrogen (secondary N) is 2. The highest BCUT2D eigenvalue weighted by atomic mass is 16.4. The van der Waals surface area contributed by atoms with E-state index in [9.17, 15) is 29.1 Å². The Morgan fingerprint density at radius 3 is 2.39 bits per heavy atom. The van der Waals surface area contributed by atoms with Gasteiger partial charge in [0.1, 0.15) is 12.1 Å². The van der Waals surface area contributed by atoms with E-state index < -0.39 is 42.3 Å². The molecule has 5 N–H and O–H groups in total. The molecule has 1 aromatic rings. The molecule has 4 unspecified atom stereocenters. The summed E-state index contributed by atoms with van der Waals surface area (Å²) in [6, 6.07) is 6.38. The van der Waals surface area contributed by atoms with Gasteiger partial charge in [0.2, 0.25) is 17.7 Å². The number of Topliss-reactive ketones (excluding diaryl/α,β-unsaturated/α-hetero) is 1. The normalized spacial score (nSPS) is 21.1. The van der Waals surface area contributed by atoms with Crippen molar-refractivity contribution in [1.82, 2.24) is 15.5 Å². The van der Waals surface area contributed by atoms with Crippen LogP contribution in [0.4, 0.5) is 0 Å². The van der Waals surface area contributed by atoms with E-state index in [1.54, 1.807) is 0 Å². The molecule has 0 aromatic heterocycles. The number of ketones is 1. The molecule has 1 aliphatic heterocycles. The summed E-state index contributed by atoms with van der Waals surface area (Å²) in [6.07, 6.45) is 3.51. The second-order valence-electron chi connectivity index (χ2n) is 10.1. The van der Waals surface area contributed by atoms with Crippen LogP contribution in [0.15, 0.2) is 30.3 Å². The number of carbonyl (C=O) groups excluding carboxylic acids is 4. The van der Waals surface area contributed by atoms with Gasteiger partial charge < -0.3 is 26.4 Å². The van der Waals surface area contributed by atoms with E-state index in [0.29, 0.717) is 25.8 Å². The average Bonchev–Trinajstić information content (AvgIpc) is 3.28. The molecule has 0 spiro atoms. The van der Waals surface area contributed by atoms with Crippen LogP contribution in [0.25, 0.3) is 0 Å². The molecule has 3 rings (SSSR count). The van der Waals surface area contributed by atoms with Crippen molar-refractivity contribution < 1.29 is 30.4 Å². The Balaban J connectivity index is 1.68. The summed E-state index contributed by atoms with van der Waals surface area (Å²) in [4.78, 5) is 64.7. The molecular weight excluding hydrogens is 488 g/mol. The van der Waals surface area contributed by atoms with Gasteiger partial charge in [-0.05, 0) is 63.5 Å². The topological polar surface area (TPSA) is 159 Å². The number of carboxylic acid groups (broad SMARTS) is 1. The number of amides is 3. The highest BCUT2D eigenvalue weighted by Gasteiger charge is 2.35. The monoisotopic (exact) mass is 530 g/mol. The Morgan fingerprint density at radius 2 is 1.76 bits per heavy atom. The first-order valence-corrected chi connectivity index (χ1v) is 13.5. The Bertz CT molecular complexity index is 1020. The second-order valence-corrected chi connectivity index (χ2v) is 10.1. The molecule has 0 radical (unpaired) electrons. The van der Waals surface area contributed by atoms with Crippen molar-refractivity contribution in [3.63, 3.8) is 0 Å². The van der Waals surface area contributed by atoms with Crippen molar-refractivity contribution in [3.05, 3.63) is 35.9 Å². The minimum atomic E-state index is -1.16. The fourth-order valence-electron chi connectivity index (χ4n) is 4.77. The number of carbonyl (C=O) groups is 5. The van der Waals surface area contributed by atoms with E-state index in [4.69, 9.17) is 7.10 Å². The van der Waals surface area contributed by atoms with Gasteiger partial charge in [0.15, 0.2) is 5.78 Å². The van der Waals surface area contributed by atoms with E-state index in [1.807, 2.05) is 30.3 Å². The number of hydrogen-bond acceptors (Lipinski definition) is 6. The van der Waals surface area contributed by atoms with E-state index >= 15 is 0 Å². The molecule has 4 atom stereocenters. The van der Waals surface area contributed by atoms with Crippen molar-refractivity contribution in [1.29, 1.82) is 0 Å². The number of nitrogens with two attached hydrogens (primary N) is 1. The molecule has 10 heteroatoms. The van der Waals surface area contributed by atoms with Crippen molar-refractivity contribution >= 4 is 29.5 Å². The Morgan fingerprint density at radius 1 is 1.03 bits per heavy atom. The van der Waals surface area contributed by atoms with Crippen LogP contribution in [0.3, 0.4) is 0 Å². The molecule has 2 fully saturated rings. The van der Waals surface area contributed by atoms with E-state index in [-0.39, 0.29) is 49.8 Å². The average molecular weight is 531 g/mol. The van der Waals surface area contributed by atoms with Crippen LogP contribution < -0.4 is 16.4 Å². The van der Waals surface area contributed by atoms with Gasteiger partial charge in [0.25, 0.3) is 0 Å². The molecule has 0 bridgehead atoms. The molecule has 10 nitrogen and oxygen atoms in total. The largest absolute Gasteiger partial charge is 0.480 e. The molecule has 1 saturated heterocycles. The number of unbranched alkanes of at least 4 members (excludes halogenated alkanes) is 1. The lowest BCUT2D eigenvalue weighted by Gasteiger charge is -2.28. The molecule has 1 aliphatic carbocycles. The van der Waals surface area contributed by atoms with Crippen LogP contribution in [0.5, 0.6) is 0 Å². The predicted octanol–water partition coefficient (Wildman–Crippen LogP) is 1.55. The van der Waals surface area contributed by atoms with Crippen molar-refractivity contribution in [2.45, 2.75) is 88.7 Å². The lowest BCUT2D eigenvalue weighted by molar-refractivity contribution is -0.148. The quantitative estimate of drug-likeness (QED) is 0.250. The summed E-state index contributed by atoms with van der Waals surface area (Å²) in [5.74, 6) is -2.73. The summed E-state index contributed by atoms with van der Waals surface area (Å²) in [7, 11) is 0. The van der Waals surface area contributed by atoms with Gasteiger partial charge >= 0.3 is 5.97 Å². The number of rotatable bonds is 15. The number of hydrogen-bond donors (Lipinski definition) is 4. The molecule has 208 valence electrons. The third-order valence-electron chi connectivity index (χ3n) is 7.33. The first-order valence-electron chi connectivity index (χ1n) is 14.1. The van der Waals surface area contributed by atoms with Crippen LogP contribution >= 0.6 is 0 Å². The lowest BCUT2D eigenvalue weighted by atomic mass is 9.84. The van der Waals surface area contributed by atoms with Gasteiger partial charge in [0, 0.05) is 26.7 Å². The lowest BCUT2D eigenvalue weighted by Crippen LogP contribution is -2.53. The van der Waals surface area contributed by atoms with E-state index in [1.165, 1.54) is 0 Å². The zero-order valence-corrected chi connectivity index (χ0v) is 21.8. The highest BCUT2D eigenvalue weighted by molar-refractivity contribution is 5.95. The molecule has 3 amide bonds. The number of carboxylic acids is 1. The fraction of sp³-hybridized carbons (Fsp3) is 0.607. The molecule has 38 heavy (non-hydrogen) atoms. The van der Waals surface area contributed by atoms with E-state index in [0.717, 1.165) is 29.7 Å². The third-order valence-corrected chi connectivity index (χ3v) is 7.33.